The number of H-pyrrole nitrogens is 1. The number of aromatic nitrogens is 2. The predicted molar refractivity (Wildman–Crippen MR) is 130 cm³/mol. The zero-order chi connectivity index (χ0) is 24.3. The van der Waals surface area contributed by atoms with Gasteiger partial charge in [-0.25, -0.2) is 4.68 Å². The third-order valence-electron chi connectivity index (χ3n) is 5.64. The first-order valence-electron chi connectivity index (χ1n) is 10.1. The van der Waals surface area contributed by atoms with Crippen molar-refractivity contribution in [3.8, 4) is 5.69 Å². The molecule has 34 heavy (non-hydrogen) atoms. The van der Waals surface area contributed by atoms with E-state index in [4.69, 9.17) is 23.2 Å². The summed E-state index contributed by atoms with van der Waals surface area (Å²) in [5.74, 6) is -1.61. The molecule has 5 rings (SSSR count). The Kier molecular flexibility index (Phi) is 5.07. The van der Waals surface area contributed by atoms with E-state index in [1.54, 1.807) is 62.4 Å². The van der Waals surface area contributed by atoms with E-state index in [2.05, 4.69) is 10.2 Å². The maximum atomic E-state index is 13.1. The molecule has 0 saturated heterocycles. The summed E-state index contributed by atoms with van der Waals surface area (Å²) in [6, 6.07) is 13.2. The minimum atomic E-state index is -0.610. The van der Waals surface area contributed by atoms with E-state index in [9.17, 15) is 19.5 Å². The van der Waals surface area contributed by atoms with Crippen molar-refractivity contribution in [2.45, 2.75) is 13.8 Å². The smallest absolute Gasteiger partial charge is 0.281 e. The number of nitrogens with zero attached hydrogens (tertiary/aromatic N) is 3. The molecule has 0 saturated carbocycles. The van der Waals surface area contributed by atoms with Crippen LogP contribution in [0.2, 0.25) is 10.0 Å². The lowest BCUT2D eigenvalue weighted by Crippen LogP contribution is -2.31. The Labute approximate surface area is 203 Å². The van der Waals surface area contributed by atoms with Crippen LogP contribution < -0.4 is 10.6 Å². The molecule has 1 aliphatic heterocycles. The number of anilines is 1. The van der Waals surface area contributed by atoms with Gasteiger partial charge in [0.25, 0.3) is 11.5 Å². The number of Topliss-reactive ketones (excluding diaryl/α,β-unsaturated/α-hetero) is 1. The third-order valence-corrected chi connectivity index (χ3v) is 6.11. The minimum Gasteiger partial charge on any atom is -0.506 e. The van der Waals surface area contributed by atoms with Crippen molar-refractivity contribution in [1.29, 1.82) is 0 Å². The van der Waals surface area contributed by atoms with Crippen molar-refractivity contribution in [2.75, 3.05) is 5.01 Å². The van der Waals surface area contributed by atoms with E-state index >= 15 is 0 Å². The van der Waals surface area contributed by atoms with Crippen LogP contribution in [-0.2, 0) is 9.59 Å². The average Bonchev–Trinajstić information content (AvgIpc) is 3.25. The molecule has 0 fully saturated rings. The normalized spacial score (nSPS) is 18.0. The second kappa shape index (κ2) is 7.86. The van der Waals surface area contributed by atoms with E-state index in [1.165, 1.54) is 4.68 Å². The summed E-state index contributed by atoms with van der Waals surface area (Å²) in [6.45, 7) is 3.18. The highest BCUT2D eigenvalue weighted by atomic mass is 35.5. The molecule has 8 nitrogen and oxygen atoms in total. The van der Waals surface area contributed by atoms with Crippen molar-refractivity contribution >= 4 is 51.9 Å². The molecule has 1 aliphatic carbocycles. The summed E-state index contributed by atoms with van der Waals surface area (Å²) < 4.78 is 1.24. The number of carbonyl (C=O) groups excluding carboxylic acids is 2. The van der Waals surface area contributed by atoms with E-state index in [1.807, 2.05) is 0 Å². The van der Waals surface area contributed by atoms with Crippen LogP contribution in [0.25, 0.3) is 11.3 Å². The highest BCUT2D eigenvalue weighted by Crippen LogP contribution is 2.40. The van der Waals surface area contributed by atoms with Crippen LogP contribution in [0, 0.1) is 6.92 Å². The SMILES string of the molecule is CC1=NN(c2cccc(Cl)c2)C(=O)/C1=C1/C(=O)C(c2c(C)[nH]n(-c3cccc(Cl)c3)c2=O)=C1O. The number of carbonyl (C=O) groups is 2. The van der Waals surface area contributed by atoms with Crippen LogP contribution in [0.1, 0.15) is 18.2 Å². The van der Waals surface area contributed by atoms with Gasteiger partial charge in [-0.1, -0.05) is 35.3 Å². The van der Waals surface area contributed by atoms with Gasteiger partial charge in [0.2, 0.25) is 5.78 Å². The van der Waals surface area contributed by atoms with Gasteiger partial charge < -0.3 is 5.11 Å². The first kappa shape index (κ1) is 21.9. The summed E-state index contributed by atoms with van der Waals surface area (Å²) >= 11 is 12.1. The maximum absolute atomic E-state index is 13.1. The van der Waals surface area contributed by atoms with Gasteiger partial charge in [0.15, 0.2) is 0 Å². The predicted octanol–water partition coefficient (Wildman–Crippen LogP) is 4.35. The molecule has 0 radical (unpaired) electrons. The summed E-state index contributed by atoms with van der Waals surface area (Å²) in [4.78, 5) is 39.4. The third kappa shape index (κ3) is 3.22. The Morgan fingerprint density at radius 1 is 0.882 bits per heavy atom. The Morgan fingerprint density at radius 2 is 1.50 bits per heavy atom. The maximum Gasteiger partial charge on any atom is 0.281 e. The van der Waals surface area contributed by atoms with E-state index in [0.717, 1.165) is 5.01 Å². The highest BCUT2D eigenvalue weighted by molar-refractivity contribution is 6.45. The fourth-order valence-corrected chi connectivity index (χ4v) is 4.45. The number of rotatable bonds is 3. The first-order valence-corrected chi connectivity index (χ1v) is 10.9. The van der Waals surface area contributed by atoms with Crippen LogP contribution in [0.5, 0.6) is 0 Å². The number of aryl methyl sites for hydroxylation is 1. The lowest BCUT2D eigenvalue weighted by atomic mass is 9.80. The van der Waals surface area contributed by atoms with Gasteiger partial charge in [-0.05, 0) is 50.2 Å². The lowest BCUT2D eigenvalue weighted by molar-refractivity contribution is -0.115. The van der Waals surface area contributed by atoms with Gasteiger partial charge in [-0.2, -0.15) is 10.1 Å². The van der Waals surface area contributed by atoms with Gasteiger partial charge in [-0.3, -0.25) is 19.5 Å². The fraction of sp³-hybridized carbons (Fsp3) is 0.0833. The van der Waals surface area contributed by atoms with Crippen LogP contribution >= 0.6 is 23.2 Å². The molecule has 1 amide bonds. The molecule has 2 aromatic carbocycles. The molecule has 0 atom stereocenters. The number of hydrogen-bond donors (Lipinski definition) is 2. The number of allylic oxidation sites excluding steroid dienone is 2. The lowest BCUT2D eigenvalue weighted by Gasteiger charge is -2.22. The number of hydrogen-bond acceptors (Lipinski definition) is 5. The van der Waals surface area contributed by atoms with Crippen LogP contribution in [0.3, 0.4) is 0 Å². The molecular weight excluding hydrogens is 479 g/mol. The van der Waals surface area contributed by atoms with Gasteiger partial charge >= 0.3 is 0 Å². The van der Waals surface area contributed by atoms with Gasteiger partial charge in [0.1, 0.15) is 5.76 Å². The number of amides is 1. The van der Waals surface area contributed by atoms with Crippen LogP contribution in [0.4, 0.5) is 5.69 Å². The quantitative estimate of drug-likeness (QED) is 0.527. The summed E-state index contributed by atoms with van der Waals surface area (Å²) in [6.07, 6.45) is 0. The van der Waals surface area contributed by atoms with Crippen LogP contribution in [-0.4, -0.2) is 32.3 Å². The zero-order valence-corrected chi connectivity index (χ0v) is 19.4. The van der Waals surface area contributed by atoms with Gasteiger partial charge in [-0.15, -0.1) is 0 Å². The minimum absolute atomic E-state index is 0.0189. The molecular formula is C24H16Cl2N4O4. The summed E-state index contributed by atoms with van der Waals surface area (Å²) in [5.41, 5.74) is 0.713. The van der Waals surface area contributed by atoms with Crippen LogP contribution in [0.15, 0.2) is 75.3 Å². The van der Waals surface area contributed by atoms with E-state index < -0.39 is 23.0 Å². The molecule has 10 heteroatoms. The monoisotopic (exact) mass is 494 g/mol. The number of aliphatic hydroxyl groups excluding tert-OH is 1. The molecule has 3 aromatic rings. The molecule has 0 unspecified atom stereocenters. The number of ketones is 1. The van der Waals surface area contributed by atoms with Gasteiger partial charge in [0.05, 0.1) is 39.4 Å². The Bertz CT molecular complexity index is 1580. The van der Waals surface area contributed by atoms with Crippen molar-refractivity contribution < 1.29 is 14.7 Å². The number of aromatic amines is 1. The standard InChI is InChI=1S/C24H16Cl2N4O4/c1-11-17(23(33)29(27-11)15-7-3-5-13(25)9-15)19-21(31)20(22(19)32)18-12(2)28-30(24(18)34)16-8-4-6-14(26)10-16/h3-10,27,31H,1-2H3/b20-18+. The zero-order valence-electron chi connectivity index (χ0n) is 17.9. The highest BCUT2D eigenvalue weighted by Gasteiger charge is 2.44. The van der Waals surface area contributed by atoms with E-state index in [-0.39, 0.29) is 28.0 Å². The van der Waals surface area contributed by atoms with Crippen molar-refractivity contribution in [3.05, 3.63) is 97.1 Å². The molecule has 2 N–H and O–H groups in total. The molecule has 2 heterocycles. The fourth-order valence-electron chi connectivity index (χ4n) is 4.08. The van der Waals surface area contributed by atoms with Crippen molar-refractivity contribution in [3.63, 3.8) is 0 Å². The first-order chi connectivity index (χ1) is 16.2. The number of nitrogens with one attached hydrogen (secondary N) is 1. The molecule has 0 spiro atoms. The second-order valence-electron chi connectivity index (χ2n) is 7.82. The number of benzene rings is 2. The van der Waals surface area contributed by atoms with E-state index in [0.29, 0.717) is 27.1 Å². The average molecular weight is 495 g/mol. The number of hydrazone groups is 1. The topological polar surface area (TPSA) is 108 Å². The number of halogens is 2. The molecule has 2 aliphatic rings. The Balaban J connectivity index is 1.59. The largest absolute Gasteiger partial charge is 0.506 e. The Hall–Kier alpha value is -3.88. The molecule has 1 aromatic heterocycles. The summed E-state index contributed by atoms with van der Waals surface area (Å²) in [7, 11) is 0. The van der Waals surface area contributed by atoms with Gasteiger partial charge in [0, 0.05) is 15.7 Å². The van der Waals surface area contributed by atoms with Crippen molar-refractivity contribution in [2.24, 2.45) is 5.10 Å². The Morgan fingerprint density at radius 3 is 2.12 bits per heavy atom. The molecule has 0 bridgehead atoms. The van der Waals surface area contributed by atoms with Crippen molar-refractivity contribution in [1.82, 2.24) is 9.78 Å². The number of aliphatic hydroxyl groups is 1. The second-order valence-corrected chi connectivity index (χ2v) is 8.69. The summed E-state index contributed by atoms with van der Waals surface area (Å²) in [5, 5.41) is 19.9. The molecule has 170 valence electrons.